The molecule has 0 spiro atoms. The third-order valence-corrected chi connectivity index (χ3v) is 7.59. The maximum Gasteiger partial charge on any atom is 0.229 e. The molecule has 1 amide bonds. The van der Waals surface area contributed by atoms with E-state index in [0.29, 0.717) is 34.3 Å². The Morgan fingerprint density at radius 1 is 1.06 bits per heavy atom. The van der Waals surface area contributed by atoms with E-state index in [0.717, 1.165) is 37.8 Å². The molecule has 0 aromatic heterocycles. The second kappa shape index (κ2) is 11.2. The molecule has 2 heterocycles. The van der Waals surface area contributed by atoms with Crippen LogP contribution in [0.15, 0.2) is 36.4 Å². The summed E-state index contributed by atoms with van der Waals surface area (Å²) in [4.78, 5) is 17.3. The first-order valence-corrected chi connectivity index (χ1v) is 12.9. The Bertz CT molecular complexity index is 953. The van der Waals surface area contributed by atoms with Crippen molar-refractivity contribution in [3.8, 4) is 0 Å². The summed E-state index contributed by atoms with van der Waals surface area (Å²) in [7, 11) is 0. The van der Waals surface area contributed by atoms with Gasteiger partial charge in [0.05, 0.1) is 15.7 Å². The van der Waals surface area contributed by atoms with Crippen LogP contribution >= 0.6 is 23.2 Å². The van der Waals surface area contributed by atoms with Gasteiger partial charge in [0.15, 0.2) is 0 Å². The molecule has 2 aromatic rings. The molecule has 0 aliphatic carbocycles. The Morgan fingerprint density at radius 3 is 2.45 bits per heavy atom. The molecule has 2 aromatic carbocycles. The first-order chi connectivity index (χ1) is 15.9. The van der Waals surface area contributed by atoms with Crippen LogP contribution in [-0.2, 0) is 17.6 Å². The molecule has 4 rings (SSSR count). The van der Waals surface area contributed by atoms with Crippen LogP contribution in [0.4, 0.5) is 10.1 Å². The first kappa shape index (κ1) is 24.5. The smallest absolute Gasteiger partial charge is 0.229 e. The highest BCUT2D eigenvalue weighted by molar-refractivity contribution is 6.40. The second-order valence-electron chi connectivity index (χ2n) is 9.66. The molecule has 3 nitrogen and oxygen atoms in total. The summed E-state index contributed by atoms with van der Waals surface area (Å²) in [6.45, 7) is 6.04. The maximum atomic E-state index is 14.2. The third kappa shape index (κ3) is 6.09. The normalized spacial score (nSPS) is 21.7. The van der Waals surface area contributed by atoms with E-state index in [1.807, 2.05) is 31.2 Å². The summed E-state index contributed by atoms with van der Waals surface area (Å²) >= 11 is 13.4. The summed E-state index contributed by atoms with van der Waals surface area (Å²) in [5.74, 6) is -0.180. The van der Waals surface area contributed by atoms with Gasteiger partial charge in [-0.1, -0.05) is 48.3 Å². The molecule has 6 heteroatoms. The molecular weight excluding hydrogens is 458 g/mol. The van der Waals surface area contributed by atoms with Crippen molar-refractivity contribution in [1.29, 1.82) is 0 Å². The van der Waals surface area contributed by atoms with Crippen molar-refractivity contribution < 1.29 is 9.18 Å². The minimum absolute atomic E-state index is 0.0296. The Morgan fingerprint density at radius 2 is 1.76 bits per heavy atom. The monoisotopic (exact) mass is 490 g/mol. The highest BCUT2D eigenvalue weighted by Gasteiger charge is 2.34. The fraction of sp³-hybridized carbons (Fsp3) is 0.519. The Kier molecular flexibility index (Phi) is 8.32. The molecule has 0 unspecified atom stereocenters. The Hall–Kier alpha value is -1.62. The first-order valence-electron chi connectivity index (χ1n) is 12.2. The Labute approximate surface area is 206 Å². The van der Waals surface area contributed by atoms with E-state index in [1.54, 1.807) is 11.0 Å². The molecule has 0 saturated carbocycles. The van der Waals surface area contributed by atoms with Crippen LogP contribution in [0, 0.1) is 17.7 Å². The molecule has 2 atom stereocenters. The number of rotatable bonds is 8. The van der Waals surface area contributed by atoms with E-state index in [4.69, 9.17) is 23.2 Å². The number of benzene rings is 2. The zero-order valence-corrected chi connectivity index (χ0v) is 20.8. The minimum Gasteiger partial charge on any atom is -0.309 e. The van der Waals surface area contributed by atoms with Gasteiger partial charge in [0, 0.05) is 12.5 Å². The van der Waals surface area contributed by atoms with Crippen LogP contribution in [0.2, 0.25) is 10.0 Å². The summed E-state index contributed by atoms with van der Waals surface area (Å²) in [6, 6.07) is 10.8. The van der Waals surface area contributed by atoms with Crippen molar-refractivity contribution in [3.05, 3.63) is 63.4 Å². The van der Waals surface area contributed by atoms with Crippen molar-refractivity contribution in [2.24, 2.45) is 11.8 Å². The average molecular weight is 491 g/mol. The lowest BCUT2D eigenvalue weighted by molar-refractivity contribution is -0.124. The van der Waals surface area contributed by atoms with E-state index in [2.05, 4.69) is 4.90 Å². The predicted octanol–water partition coefficient (Wildman–Crippen LogP) is 6.78. The summed E-state index contributed by atoms with van der Waals surface area (Å²) in [5, 5.41) is 1.04. The number of hydrogen-bond acceptors (Lipinski definition) is 2. The molecule has 2 aliphatic heterocycles. The molecule has 0 N–H and O–H groups in total. The molecule has 0 bridgehead atoms. The number of anilines is 1. The van der Waals surface area contributed by atoms with Gasteiger partial charge in [-0.15, -0.1) is 0 Å². The zero-order valence-electron chi connectivity index (χ0n) is 19.3. The average Bonchev–Trinajstić information content (AvgIpc) is 3.29. The fourth-order valence-corrected chi connectivity index (χ4v) is 6.04. The predicted molar refractivity (Wildman–Crippen MR) is 135 cm³/mol. The van der Waals surface area contributed by atoms with Crippen LogP contribution in [0.5, 0.6) is 0 Å². The molecule has 2 fully saturated rings. The SMILES string of the molecule is C[C@@H]1C[C@H](Cc2ccccc2F)CN(c2c(Cl)cc(CCCCN3CCCC3)cc2Cl)C1=O. The van der Waals surface area contributed by atoms with Gasteiger partial charge in [-0.3, -0.25) is 4.79 Å². The lowest BCUT2D eigenvalue weighted by Gasteiger charge is -2.37. The van der Waals surface area contributed by atoms with Crippen LogP contribution in [0.25, 0.3) is 0 Å². The van der Waals surface area contributed by atoms with Gasteiger partial charge >= 0.3 is 0 Å². The highest BCUT2D eigenvalue weighted by atomic mass is 35.5. The van der Waals surface area contributed by atoms with E-state index >= 15 is 0 Å². The van der Waals surface area contributed by atoms with Crippen LogP contribution in [0.3, 0.4) is 0 Å². The lowest BCUT2D eigenvalue weighted by Crippen LogP contribution is -2.45. The van der Waals surface area contributed by atoms with Gasteiger partial charge in [-0.05, 0) is 99.8 Å². The molecule has 2 saturated heterocycles. The number of halogens is 3. The number of carbonyl (C=O) groups excluding carboxylic acids is 1. The van der Waals surface area contributed by atoms with Gasteiger partial charge in [0.1, 0.15) is 5.82 Å². The second-order valence-corrected chi connectivity index (χ2v) is 10.5. The van der Waals surface area contributed by atoms with Crippen molar-refractivity contribution in [1.82, 2.24) is 4.90 Å². The van der Waals surface area contributed by atoms with Crippen LogP contribution in [-0.4, -0.2) is 37.0 Å². The minimum atomic E-state index is -0.196. The number of hydrogen-bond donors (Lipinski definition) is 0. The van der Waals surface area contributed by atoms with E-state index in [-0.39, 0.29) is 23.6 Å². The third-order valence-electron chi connectivity index (χ3n) is 7.02. The van der Waals surface area contributed by atoms with Gasteiger partial charge in [-0.25, -0.2) is 4.39 Å². The van der Waals surface area contributed by atoms with Gasteiger partial charge in [0.2, 0.25) is 5.91 Å². The van der Waals surface area contributed by atoms with Crippen molar-refractivity contribution in [3.63, 3.8) is 0 Å². The summed E-state index contributed by atoms with van der Waals surface area (Å²) in [5.41, 5.74) is 2.38. The quantitative estimate of drug-likeness (QED) is 0.380. The largest absolute Gasteiger partial charge is 0.309 e. The maximum absolute atomic E-state index is 14.2. The number of carbonyl (C=O) groups is 1. The van der Waals surface area contributed by atoms with E-state index in [9.17, 15) is 9.18 Å². The van der Waals surface area contributed by atoms with E-state index < -0.39 is 0 Å². The number of likely N-dealkylation sites (tertiary alicyclic amines) is 1. The molecule has 33 heavy (non-hydrogen) atoms. The van der Waals surface area contributed by atoms with Gasteiger partial charge < -0.3 is 9.80 Å². The molecule has 2 aliphatic rings. The Balaban J connectivity index is 1.43. The standard InChI is InChI=1S/C27H33Cl2FN2O/c1-19-14-21(15-22-9-2-3-10-25(22)30)18-32(27(19)33)26-23(28)16-20(17-24(26)29)8-4-5-11-31-12-6-7-13-31/h2-3,9-10,16-17,19,21H,4-8,11-15,18H2,1H3/t19-,21-/m1/s1. The van der Waals surface area contributed by atoms with E-state index in [1.165, 1.54) is 32.0 Å². The van der Waals surface area contributed by atoms with Crippen LogP contribution in [0.1, 0.15) is 50.2 Å². The summed E-state index contributed by atoms with van der Waals surface area (Å²) < 4.78 is 14.2. The lowest BCUT2D eigenvalue weighted by atomic mass is 9.85. The zero-order chi connectivity index (χ0) is 23.4. The number of unbranched alkanes of at least 4 members (excludes halogenated alkanes) is 1. The van der Waals surface area contributed by atoms with Crippen LogP contribution < -0.4 is 4.90 Å². The number of piperidine rings is 1. The van der Waals surface area contributed by atoms with Gasteiger partial charge in [-0.2, -0.15) is 0 Å². The van der Waals surface area contributed by atoms with Crippen molar-refractivity contribution in [2.75, 3.05) is 31.1 Å². The number of aryl methyl sites for hydroxylation is 1. The number of amides is 1. The van der Waals surface area contributed by atoms with Gasteiger partial charge in [0.25, 0.3) is 0 Å². The highest BCUT2D eigenvalue weighted by Crippen LogP contribution is 2.39. The molecular formula is C27H33Cl2FN2O. The molecule has 0 radical (unpaired) electrons. The fourth-order valence-electron chi connectivity index (χ4n) is 5.30. The molecule has 178 valence electrons. The summed E-state index contributed by atoms with van der Waals surface area (Å²) in [6.07, 6.45) is 7.14. The topological polar surface area (TPSA) is 23.6 Å². The van der Waals surface area contributed by atoms with Crippen molar-refractivity contribution in [2.45, 2.75) is 51.9 Å². The van der Waals surface area contributed by atoms with Crippen molar-refractivity contribution >= 4 is 34.8 Å². The number of nitrogens with zero attached hydrogens (tertiary/aromatic N) is 2.